The van der Waals surface area contributed by atoms with Crippen molar-refractivity contribution in [1.82, 2.24) is 10.2 Å². The molecule has 2 aliphatic heterocycles. The Morgan fingerprint density at radius 1 is 1.03 bits per heavy atom. The third-order valence-electron chi connectivity index (χ3n) is 5.68. The molecule has 0 amide bonds. The van der Waals surface area contributed by atoms with E-state index in [1.54, 1.807) is 0 Å². The summed E-state index contributed by atoms with van der Waals surface area (Å²) in [5.74, 6) is 1.78. The Bertz CT molecular complexity index is 828. The molecule has 0 saturated carbocycles. The molecule has 0 bridgehead atoms. The van der Waals surface area contributed by atoms with Crippen molar-refractivity contribution >= 4 is 29.9 Å². The lowest BCUT2D eigenvalue weighted by Crippen LogP contribution is -2.53. The van der Waals surface area contributed by atoms with Crippen molar-refractivity contribution in [2.45, 2.75) is 38.2 Å². The average Bonchev–Trinajstić information content (AvgIpc) is 3.35. The third-order valence-corrected chi connectivity index (χ3v) is 5.68. The molecule has 4 rings (SSSR count). The molecule has 0 aliphatic carbocycles. The zero-order valence-corrected chi connectivity index (χ0v) is 20.4. The summed E-state index contributed by atoms with van der Waals surface area (Å²) in [5, 5.41) is 3.53. The van der Waals surface area contributed by atoms with Crippen LogP contribution in [-0.4, -0.2) is 56.4 Å². The van der Waals surface area contributed by atoms with Crippen LogP contribution < -0.4 is 10.1 Å². The Morgan fingerprint density at radius 2 is 1.77 bits per heavy atom. The first-order valence-electron chi connectivity index (χ1n) is 10.8. The molecule has 2 atom stereocenters. The molecule has 6 nitrogen and oxygen atoms in total. The van der Waals surface area contributed by atoms with Crippen molar-refractivity contribution < 1.29 is 14.2 Å². The zero-order chi connectivity index (χ0) is 20.6. The van der Waals surface area contributed by atoms with Gasteiger partial charge in [-0.15, -0.1) is 24.0 Å². The predicted octanol–water partition coefficient (Wildman–Crippen LogP) is 3.84. The number of nitrogens with one attached hydrogen (secondary N) is 1. The SMILES string of the molecule is CN=C(NCc1ccccc1COc1ccccc1)N1CCOC(C2CCCO2)C1.I. The molecule has 0 aromatic heterocycles. The Kier molecular flexibility index (Phi) is 9.42. The predicted molar refractivity (Wildman–Crippen MR) is 133 cm³/mol. The highest BCUT2D eigenvalue weighted by atomic mass is 127. The standard InChI is InChI=1S/C24H31N3O3.HI/c1-25-24(27-13-15-29-23(17-27)22-12-7-14-28-22)26-16-19-8-5-6-9-20(19)18-30-21-10-3-2-4-11-21;/h2-6,8-11,22-23H,7,12-18H2,1H3,(H,25,26);1H. The van der Waals surface area contributed by atoms with Crippen LogP contribution in [0.2, 0.25) is 0 Å². The number of hydrogen-bond donors (Lipinski definition) is 1. The van der Waals surface area contributed by atoms with E-state index < -0.39 is 0 Å². The average molecular weight is 537 g/mol. The van der Waals surface area contributed by atoms with Gasteiger partial charge in [0.1, 0.15) is 18.5 Å². The fourth-order valence-electron chi connectivity index (χ4n) is 4.04. The summed E-state index contributed by atoms with van der Waals surface area (Å²) in [6.07, 6.45) is 2.53. The number of nitrogens with zero attached hydrogens (tertiary/aromatic N) is 2. The summed E-state index contributed by atoms with van der Waals surface area (Å²) in [5.41, 5.74) is 2.38. The minimum Gasteiger partial charge on any atom is -0.489 e. The molecule has 2 fully saturated rings. The highest BCUT2D eigenvalue weighted by Crippen LogP contribution is 2.21. The molecule has 31 heavy (non-hydrogen) atoms. The fourth-order valence-corrected chi connectivity index (χ4v) is 4.04. The first kappa shape index (κ1) is 23.8. The number of rotatable bonds is 6. The number of aliphatic imine (C=N–C) groups is 1. The van der Waals surface area contributed by atoms with Gasteiger partial charge in [-0.3, -0.25) is 4.99 Å². The van der Waals surface area contributed by atoms with Crippen molar-refractivity contribution in [3.63, 3.8) is 0 Å². The number of para-hydroxylation sites is 1. The third kappa shape index (κ3) is 6.57. The second-order valence-electron chi connectivity index (χ2n) is 7.68. The smallest absolute Gasteiger partial charge is 0.194 e. The molecule has 7 heteroatoms. The van der Waals surface area contributed by atoms with E-state index in [-0.39, 0.29) is 36.2 Å². The lowest BCUT2D eigenvalue weighted by Gasteiger charge is -2.37. The number of benzene rings is 2. The van der Waals surface area contributed by atoms with Crippen molar-refractivity contribution in [3.8, 4) is 5.75 Å². The van der Waals surface area contributed by atoms with Crippen LogP contribution in [0.15, 0.2) is 59.6 Å². The number of hydrogen-bond acceptors (Lipinski definition) is 4. The second kappa shape index (κ2) is 12.3. The van der Waals surface area contributed by atoms with Gasteiger partial charge in [0, 0.05) is 33.3 Å². The fraction of sp³-hybridized carbons (Fsp3) is 0.458. The van der Waals surface area contributed by atoms with Gasteiger partial charge >= 0.3 is 0 Å². The van der Waals surface area contributed by atoms with Crippen molar-refractivity contribution in [2.24, 2.45) is 4.99 Å². The molecular formula is C24H32IN3O3. The maximum atomic E-state index is 5.98. The Balaban J connectivity index is 0.00000272. The second-order valence-corrected chi connectivity index (χ2v) is 7.68. The largest absolute Gasteiger partial charge is 0.489 e. The molecule has 2 aromatic carbocycles. The zero-order valence-electron chi connectivity index (χ0n) is 18.0. The van der Waals surface area contributed by atoms with Crippen LogP contribution in [0.3, 0.4) is 0 Å². The summed E-state index contributed by atoms with van der Waals surface area (Å²) < 4.78 is 17.8. The highest BCUT2D eigenvalue weighted by molar-refractivity contribution is 14.0. The highest BCUT2D eigenvalue weighted by Gasteiger charge is 2.32. The summed E-state index contributed by atoms with van der Waals surface area (Å²) in [4.78, 5) is 6.79. The van der Waals surface area contributed by atoms with Gasteiger partial charge in [-0.05, 0) is 36.1 Å². The molecule has 2 heterocycles. The van der Waals surface area contributed by atoms with Crippen LogP contribution in [0.4, 0.5) is 0 Å². The monoisotopic (exact) mass is 537 g/mol. The molecule has 0 radical (unpaired) electrons. The summed E-state index contributed by atoms with van der Waals surface area (Å²) in [7, 11) is 1.84. The maximum Gasteiger partial charge on any atom is 0.194 e. The number of guanidine groups is 1. The van der Waals surface area contributed by atoms with E-state index in [9.17, 15) is 0 Å². The molecule has 2 aliphatic rings. The van der Waals surface area contributed by atoms with E-state index >= 15 is 0 Å². The van der Waals surface area contributed by atoms with Gasteiger partial charge in [-0.25, -0.2) is 0 Å². The Labute approximate surface area is 202 Å². The lowest BCUT2D eigenvalue weighted by atomic mass is 10.1. The summed E-state index contributed by atoms with van der Waals surface area (Å²) in [6.45, 7) is 4.43. The van der Waals surface area contributed by atoms with E-state index in [0.29, 0.717) is 19.8 Å². The maximum absolute atomic E-state index is 5.98. The van der Waals surface area contributed by atoms with Gasteiger partial charge in [0.25, 0.3) is 0 Å². The number of ether oxygens (including phenoxy) is 3. The van der Waals surface area contributed by atoms with E-state index in [2.05, 4.69) is 39.5 Å². The minimum atomic E-state index is 0. The molecular weight excluding hydrogens is 505 g/mol. The van der Waals surface area contributed by atoms with Crippen LogP contribution >= 0.6 is 24.0 Å². The van der Waals surface area contributed by atoms with Crippen LogP contribution in [0.25, 0.3) is 0 Å². The Hall–Kier alpha value is -1.84. The number of halogens is 1. The van der Waals surface area contributed by atoms with Gasteiger partial charge in [0.2, 0.25) is 0 Å². The van der Waals surface area contributed by atoms with Crippen LogP contribution in [0.5, 0.6) is 5.75 Å². The Morgan fingerprint density at radius 3 is 2.52 bits per heavy atom. The molecule has 1 N–H and O–H groups in total. The van der Waals surface area contributed by atoms with E-state index in [4.69, 9.17) is 14.2 Å². The van der Waals surface area contributed by atoms with Gasteiger partial charge in [-0.2, -0.15) is 0 Å². The van der Waals surface area contributed by atoms with E-state index in [0.717, 1.165) is 44.2 Å². The first-order valence-corrected chi connectivity index (χ1v) is 10.8. The van der Waals surface area contributed by atoms with E-state index in [1.165, 1.54) is 11.1 Å². The van der Waals surface area contributed by atoms with E-state index in [1.807, 2.05) is 37.4 Å². The first-order chi connectivity index (χ1) is 14.8. The summed E-state index contributed by atoms with van der Waals surface area (Å²) in [6, 6.07) is 18.3. The van der Waals surface area contributed by atoms with Crippen LogP contribution in [0, 0.1) is 0 Å². The van der Waals surface area contributed by atoms with Crippen LogP contribution in [-0.2, 0) is 22.6 Å². The molecule has 2 aromatic rings. The lowest BCUT2D eigenvalue weighted by molar-refractivity contribution is -0.0817. The molecule has 0 spiro atoms. The van der Waals surface area contributed by atoms with Gasteiger partial charge in [-0.1, -0.05) is 42.5 Å². The van der Waals surface area contributed by atoms with Crippen molar-refractivity contribution in [2.75, 3.05) is 33.4 Å². The number of morpholine rings is 1. The summed E-state index contributed by atoms with van der Waals surface area (Å²) >= 11 is 0. The van der Waals surface area contributed by atoms with Gasteiger partial charge < -0.3 is 24.4 Å². The van der Waals surface area contributed by atoms with Gasteiger partial charge in [0.05, 0.1) is 12.7 Å². The van der Waals surface area contributed by atoms with Gasteiger partial charge in [0.15, 0.2) is 5.96 Å². The van der Waals surface area contributed by atoms with Crippen molar-refractivity contribution in [1.29, 1.82) is 0 Å². The normalized spacial score (nSPS) is 21.5. The molecule has 2 unspecified atom stereocenters. The molecule has 168 valence electrons. The minimum absolute atomic E-state index is 0. The topological polar surface area (TPSA) is 55.3 Å². The van der Waals surface area contributed by atoms with Crippen LogP contribution in [0.1, 0.15) is 24.0 Å². The molecule has 2 saturated heterocycles. The van der Waals surface area contributed by atoms with Crippen molar-refractivity contribution in [3.05, 3.63) is 65.7 Å². The quantitative estimate of drug-likeness (QED) is 0.345.